The van der Waals surface area contributed by atoms with Gasteiger partial charge in [-0.05, 0) is 18.6 Å². The number of ether oxygens (including phenoxy) is 4. The SMILES string of the molecule is CCCCCCCCOC(=O)/C=C/C(=O)Oc1c(OC)cccc1OC. The molecule has 0 heterocycles. The normalized spacial score (nSPS) is 10.6. The average molecular weight is 364 g/mol. The molecule has 26 heavy (non-hydrogen) atoms. The van der Waals surface area contributed by atoms with E-state index in [2.05, 4.69) is 6.92 Å². The van der Waals surface area contributed by atoms with Crippen molar-refractivity contribution in [3.8, 4) is 17.2 Å². The molecule has 0 saturated heterocycles. The van der Waals surface area contributed by atoms with Gasteiger partial charge in [-0.15, -0.1) is 0 Å². The molecule has 1 rings (SSSR count). The molecule has 0 aliphatic heterocycles. The van der Waals surface area contributed by atoms with Crippen LogP contribution in [0.15, 0.2) is 30.4 Å². The van der Waals surface area contributed by atoms with Crippen molar-refractivity contribution < 1.29 is 28.5 Å². The summed E-state index contributed by atoms with van der Waals surface area (Å²) in [6.07, 6.45) is 8.74. The second-order valence-electron chi connectivity index (χ2n) is 5.68. The smallest absolute Gasteiger partial charge is 0.336 e. The molecule has 0 aliphatic carbocycles. The van der Waals surface area contributed by atoms with Gasteiger partial charge in [-0.25, -0.2) is 9.59 Å². The van der Waals surface area contributed by atoms with Crippen molar-refractivity contribution in [1.82, 2.24) is 0 Å². The highest BCUT2D eigenvalue weighted by molar-refractivity contribution is 5.93. The minimum absolute atomic E-state index is 0.160. The monoisotopic (exact) mass is 364 g/mol. The maximum Gasteiger partial charge on any atom is 0.336 e. The number of hydrogen-bond donors (Lipinski definition) is 0. The fraction of sp³-hybridized carbons (Fsp3) is 0.500. The van der Waals surface area contributed by atoms with E-state index in [0.29, 0.717) is 18.1 Å². The number of unbranched alkanes of at least 4 members (excludes halogenated alkanes) is 5. The Kier molecular flexibility index (Phi) is 10.6. The molecule has 1 aromatic rings. The second-order valence-corrected chi connectivity index (χ2v) is 5.68. The summed E-state index contributed by atoms with van der Waals surface area (Å²) in [5, 5.41) is 0. The van der Waals surface area contributed by atoms with E-state index in [9.17, 15) is 9.59 Å². The van der Waals surface area contributed by atoms with Crippen LogP contribution < -0.4 is 14.2 Å². The first kappa shape index (κ1) is 21.5. The Balaban J connectivity index is 2.40. The van der Waals surface area contributed by atoms with Crippen LogP contribution in [0.4, 0.5) is 0 Å². The fourth-order valence-electron chi connectivity index (χ4n) is 2.29. The summed E-state index contributed by atoms with van der Waals surface area (Å²) in [5.74, 6) is -0.409. The van der Waals surface area contributed by atoms with Gasteiger partial charge in [0.25, 0.3) is 0 Å². The number of rotatable bonds is 12. The Hall–Kier alpha value is -2.50. The van der Waals surface area contributed by atoms with E-state index in [4.69, 9.17) is 18.9 Å². The molecule has 0 spiro atoms. The van der Waals surface area contributed by atoms with Gasteiger partial charge in [0.05, 0.1) is 20.8 Å². The van der Waals surface area contributed by atoms with E-state index in [0.717, 1.165) is 31.4 Å². The topological polar surface area (TPSA) is 71.1 Å². The number of para-hydroxylation sites is 1. The zero-order valence-corrected chi connectivity index (χ0v) is 15.8. The number of methoxy groups -OCH3 is 2. The van der Waals surface area contributed by atoms with Gasteiger partial charge in [-0.2, -0.15) is 0 Å². The Morgan fingerprint density at radius 3 is 2.08 bits per heavy atom. The summed E-state index contributed by atoms with van der Waals surface area (Å²) in [5.41, 5.74) is 0. The van der Waals surface area contributed by atoms with Crippen molar-refractivity contribution in [1.29, 1.82) is 0 Å². The van der Waals surface area contributed by atoms with E-state index in [1.807, 2.05) is 0 Å². The average Bonchev–Trinajstić information content (AvgIpc) is 2.65. The van der Waals surface area contributed by atoms with Crippen molar-refractivity contribution >= 4 is 11.9 Å². The van der Waals surface area contributed by atoms with Gasteiger partial charge in [-0.3, -0.25) is 0 Å². The lowest BCUT2D eigenvalue weighted by atomic mass is 10.1. The van der Waals surface area contributed by atoms with E-state index in [1.165, 1.54) is 33.5 Å². The molecule has 0 N–H and O–H groups in total. The van der Waals surface area contributed by atoms with E-state index in [-0.39, 0.29) is 5.75 Å². The van der Waals surface area contributed by atoms with Crippen LogP contribution in [-0.2, 0) is 14.3 Å². The summed E-state index contributed by atoms with van der Waals surface area (Å²) in [6.45, 7) is 2.52. The van der Waals surface area contributed by atoms with Crippen LogP contribution in [0.2, 0.25) is 0 Å². The molecule has 0 saturated carbocycles. The van der Waals surface area contributed by atoms with Crippen LogP contribution in [0.3, 0.4) is 0 Å². The largest absolute Gasteiger partial charge is 0.493 e. The van der Waals surface area contributed by atoms with Gasteiger partial charge in [0.15, 0.2) is 11.5 Å². The minimum atomic E-state index is -0.718. The van der Waals surface area contributed by atoms with Gasteiger partial charge in [0.1, 0.15) is 0 Å². The lowest BCUT2D eigenvalue weighted by Crippen LogP contribution is -2.08. The number of benzene rings is 1. The standard InChI is InChI=1S/C20H28O6/c1-4-5-6-7-8-9-15-25-18(21)13-14-19(22)26-20-16(23-2)11-10-12-17(20)24-3/h10-14H,4-9,15H2,1-3H3/b14-13+. The van der Waals surface area contributed by atoms with Crippen LogP contribution in [0.1, 0.15) is 45.4 Å². The molecular weight excluding hydrogens is 336 g/mol. The molecule has 144 valence electrons. The first-order valence-electron chi connectivity index (χ1n) is 8.90. The molecule has 0 radical (unpaired) electrons. The summed E-state index contributed by atoms with van der Waals surface area (Å²) in [6, 6.07) is 5.00. The maximum atomic E-state index is 11.9. The minimum Gasteiger partial charge on any atom is -0.493 e. The summed E-state index contributed by atoms with van der Waals surface area (Å²) in [4.78, 5) is 23.5. The molecular formula is C20H28O6. The van der Waals surface area contributed by atoms with Crippen molar-refractivity contribution in [2.45, 2.75) is 45.4 Å². The van der Waals surface area contributed by atoms with Crippen LogP contribution in [-0.4, -0.2) is 32.8 Å². The summed E-state index contributed by atoms with van der Waals surface area (Å²) in [7, 11) is 2.92. The fourth-order valence-corrected chi connectivity index (χ4v) is 2.29. The number of carbonyl (C=O) groups excluding carboxylic acids is 2. The number of hydrogen-bond acceptors (Lipinski definition) is 6. The first-order chi connectivity index (χ1) is 12.6. The molecule has 6 heteroatoms. The third-order valence-corrected chi connectivity index (χ3v) is 3.68. The summed E-state index contributed by atoms with van der Waals surface area (Å²) >= 11 is 0. The molecule has 0 fully saturated rings. The molecule has 1 aromatic carbocycles. The zero-order valence-electron chi connectivity index (χ0n) is 15.8. The Bertz CT molecular complexity index is 572. The Morgan fingerprint density at radius 1 is 0.885 bits per heavy atom. The third kappa shape index (κ3) is 8.05. The predicted octanol–water partition coefficient (Wildman–Crippen LogP) is 4.07. The van der Waals surface area contributed by atoms with Gasteiger partial charge in [0.2, 0.25) is 5.75 Å². The highest BCUT2D eigenvalue weighted by Crippen LogP contribution is 2.36. The van der Waals surface area contributed by atoms with E-state index < -0.39 is 11.9 Å². The molecule has 0 unspecified atom stereocenters. The van der Waals surface area contributed by atoms with Gasteiger partial charge in [-0.1, -0.05) is 45.1 Å². The Morgan fingerprint density at radius 2 is 1.46 bits per heavy atom. The van der Waals surface area contributed by atoms with Crippen molar-refractivity contribution in [3.05, 3.63) is 30.4 Å². The molecule has 0 bridgehead atoms. The number of carbonyl (C=O) groups is 2. The van der Waals surface area contributed by atoms with Crippen LogP contribution >= 0.6 is 0 Å². The summed E-state index contributed by atoms with van der Waals surface area (Å²) < 4.78 is 20.5. The van der Waals surface area contributed by atoms with Crippen molar-refractivity contribution in [3.63, 3.8) is 0 Å². The van der Waals surface area contributed by atoms with Gasteiger partial charge >= 0.3 is 11.9 Å². The van der Waals surface area contributed by atoms with Crippen molar-refractivity contribution in [2.75, 3.05) is 20.8 Å². The predicted molar refractivity (Wildman–Crippen MR) is 98.7 cm³/mol. The zero-order chi connectivity index (χ0) is 19.2. The van der Waals surface area contributed by atoms with Crippen LogP contribution in [0, 0.1) is 0 Å². The second kappa shape index (κ2) is 12.8. The first-order valence-corrected chi connectivity index (χ1v) is 8.90. The van der Waals surface area contributed by atoms with E-state index in [1.54, 1.807) is 18.2 Å². The van der Waals surface area contributed by atoms with Crippen molar-refractivity contribution in [2.24, 2.45) is 0 Å². The molecule has 0 aromatic heterocycles. The number of esters is 2. The quantitative estimate of drug-likeness (QED) is 0.241. The molecule has 6 nitrogen and oxygen atoms in total. The van der Waals surface area contributed by atoms with Crippen LogP contribution in [0.25, 0.3) is 0 Å². The van der Waals surface area contributed by atoms with Gasteiger partial charge in [0, 0.05) is 12.2 Å². The van der Waals surface area contributed by atoms with Crippen LogP contribution in [0.5, 0.6) is 17.2 Å². The molecule has 0 amide bonds. The maximum absolute atomic E-state index is 11.9. The Labute approximate surface area is 155 Å². The lowest BCUT2D eigenvalue weighted by Gasteiger charge is -2.11. The third-order valence-electron chi connectivity index (χ3n) is 3.68. The highest BCUT2D eigenvalue weighted by Gasteiger charge is 2.14. The lowest BCUT2D eigenvalue weighted by molar-refractivity contribution is -0.138. The molecule has 0 aliphatic rings. The van der Waals surface area contributed by atoms with Gasteiger partial charge < -0.3 is 18.9 Å². The van der Waals surface area contributed by atoms with E-state index >= 15 is 0 Å². The molecule has 0 atom stereocenters. The highest BCUT2D eigenvalue weighted by atomic mass is 16.6.